The highest BCUT2D eigenvalue weighted by Gasteiger charge is 2.45. The Labute approximate surface area is 115 Å². The van der Waals surface area contributed by atoms with Crippen molar-refractivity contribution in [3.8, 4) is 0 Å². The van der Waals surface area contributed by atoms with Crippen molar-refractivity contribution in [2.45, 2.75) is 65.5 Å². The second-order valence-corrected chi connectivity index (χ2v) is 6.58. The van der Waals surface area contributed by atoms with Crippen molar-refractivity contribution >= 4 is 11.8 Å². The van der Waals surface area contributed by atoms with Crippen LogP contribution in [0.3, 0.4) is 0 Å². The van der Waals surface area contributed by atoms with E-state index in [2.05, 4.69) is 12.2 Å². The van der Waals surface area contributed by atoms with Gasteiger partial charge in [0, 0.05) is 6.54 Å². The molecule has 1 heterocycles. The molecule has 2 amide bonds. The summed E-state index contributed by atoms with van der Waals surface area (Å²) in [6, 6.07) is -0.677. The van der Waals surface area contributed by atoms with Gasteiger partial charge in [-0.25, -0.2) is 0 Å². The summed E-state index contributed by atoms with van der Waals surface area (Å²) in [7, 11) is 0. The Bertz CT molecular complexity index is 369. The van der Waals surface area contributed by atoms with Crippen molar-refractivity contribution in [2.75, 3.05) is 6.54 Å². The third kappa shape index (κ3) is 2.49. The molecule has 2 fully saturated rings. The SMILES string of the molecule is CCC1(CN2C(=O)C(C(C)C)NC(=O)C2C)CCC1. The second kappa shape index (κ2) is 5.14. The molecule has 4 heteroatoms. The summed E-state index contributed by atoms with van der Waals surface area (Å²) in [5, 5.41) is 2.85. The summed E-state index contributed by atoms with van der Waals surface area (Å²) in [6.07, 6.45) is 4.73. The van der Waals surface area contributed by atoms with Crippen molar-refractivity contribution in [3.05, 3.63) is 0 Å². The van der Waals surface area contributed by atoms with Crippen molar-refractivity contribution in [1.82, 2.24) is 10.2 Å². The van der Waals surface area contributed by atoms with Gasteiger partial charge in [-0.2, -0.15) is 0 Å². The number of rotatable bonds is 4. The molecule has 0 aromatic carbocycles. The molecule has 1 aliphatic carbocycles. The molecule has 19 heavy (non-hydrogen) atoms. The number of nitrogens with zero attached hydrogens (tertiary/aromatic N) is 1. The fourth-order valence-electron chi connectivity index (χ4n) is 3.17. The molecular weight excluding hydrogens is 240 g/mol. The summed E-state index contributed by atoms with van der Waals surface area (Å²) < 4.78 is 0. The summed E-state index contributed by atoms with van der Waals surface area (Å²) in [6.45, 7) is 8.75. The molecule has 0 aromatic rings. The first-order valence-corrected chi connectivity index (χ1v) is 7.51. The monoisotopic (exact) mass is 266 g/mol. The van der Waals surface area contributed by atoms with Crippen LogP contribution in [0.2, 0.25) is 0 Å². The van der Waals surface area contributed by atoms with Gasteiger partial charge in [0.2, 0.25) is 11.8 Å². The Morgan fingerprint density at radius 2 is 2.00 bits per heavy atom. The maximum atomic E-state index is 12.6. The molecule has 2 unspecified atom stereocenters. The van der Waals surface area contributed by atoms with E-state index < -0.39 is 0 Å². The van der Waals surface area contributed by atoms with E-state index in [1.54, 1.807) is 0 Å². The van der Waals surface area contributed by atoms with Crippen molar-refractivity contribution in [2.24, 2.45) is 11.3 Å². The molecule has 1 aliphatic heterocycles. The second-order valence-electron chi connectivity index (χ2n) is 6.58. The van der Waals surface area contributed by atoms with Crippen molar-refractivity contribution < 1.29 is 9.59 Å². The highest BCUT2D eigenvalue weighted by Crippen LogP contribution is 2.45. The van der Waals surface area contributed by atoms with Crippen LogP contribution in [0.5, 0.6) is 0 Å². The van der Waals surface area contributed by atoms with Gasteiger partial charge in [-0.15, -0.1) is 0 Å². The average molecular weight is 266 g/mol. The Morgan fingerprint density at radius 3 is 2.42 bits per heavy atom. The van der Waals surface area contributed by atoms with Crippen LogP contribution < -0.4 is 5.32 Å². The average Bonchev–Trinajstić information content (AvgIpc) is 2.32. The van der Waals surface area contributed by atoms with Gasteiger partial charge < -0.3 is 10.2 Å². The lowest BCUT2D eigenvalue weighted by atomic mass is 9.66. The lowest BCUT2D eigenvalue weighted by Crippen LogP contribution is -2.65. The molecular formula is C15H26N2O2. The fraction of sp³-hybridized carbons (Fsp3) is 0.867. The predicted molar refractivity (Wildman–Crippen MR) is 74.5 cm³/mol. The first-order valence-electron chi connectivity index (χ1n) is 7.51. The maximum Gasteiger partial charge on any atom is 0.246 e. The molecule has 2 rings (SSSR count). The zero-order valence-electron chi connectivity index (χ0n) is 12.5. The standard InChI is InChI=1S/C15H26N2O2/c1-5-15(7-6-8-15)9-17-11(4)13(18)16-12(10(2)3)14(17)19/h10-12H,5-9H2,1-4H3,(H,16,18). The van der Waals surface area contributed by atoms with Gasteiger partial charge in [0.05, 0.1) is 0 Å². The normalized spacial score (nSPS) is 30.3. The number of nitrogens with one attached hydrogen (secondary N) is 1. The minimum atomic E-state index is -0.349. The molecule has 1 saturated heterocycles. The van der Waals surface area contributed by atoms with Gasteiger partial charge in [0.25, 0.3) is 0 Å². The zero-order valence-corrected chi connectivity index (χ0v) is 12.5. The van der Waals surface area contributed by atoms with E-state index in [4.69, 9.17) is 0 Å². The lowest BCUT2D eigenvalue weighted by molar-refractivity contribution is -0.153. The Kier molecular flexibility index (Phi) is 3.88. The molecule has 1 saturated carbocycles. The molecule has 0 spiro atoms. The van der Waals surface area contributed by atoms with Crippen LogP contribution >= 0.6 is 0 Å². The zero-order chi connectivity index (χ0) is 14.2. The summed E-state index contributed by atoms with van der Waals surface area (Å²) in [5.41, 5.74) is 0.267. The number of carbonyl (C=O) groups excluding carboxylic acids is 2. The van der Waals surface area contributed by atoms with Crippen LogP contribution in [0, 0.1) is 11.3 Å². The number of hydrogen-bond acceptors (Lipinski definition) is 2. The Morgan fingerprint density at radius 1 is 1.37 bits per heavy atom. The van der Waals surface area contributed by atoms with E-state index in [0.29, 0.717) is 0 Å². The van der Waals surface area contributed by atoms with Gasteiger partial charge >= 0.3 is 0 Å². The molecule has 2 atom stereocenters. The predicted octanol–water partition coefficient (Wildman–Crippen LogP) is 1.94. The molecule has 0 bridgehead atoms. The number of amides is 2. The van der Waals surface area contributed by atoms with Gasteiger partial charge in [0.1, 0.15) is 12.1 Å². The fourth-order valence-corrected chi connectivity index (χ4v) is 3.17. The van der Waals surface area contributed by atoms with Gasteiger partial charge in [-0.3, -0.25) is 9.59 Å². The summed E-state index contributed by atoms with van der Waals surface area (Å²) in [5.74, 6) is 0.233. The van der Waals surface area contributed by atoms with E-state index in [0.717, 1.165) is 13.0 Å². The maximum absolute atomic E-state index is 12.6. The third-order valence-corrected chi connectivity index (χ3v) is 5.03. The topological polar surface area (TPSA) is 49.4 Å². The smallest absolute Gasteiger partial charge is 0.246 e. The van der Waals surface area contributed by atoms with E-state index >= 15 is 0 Å². The summed E-state index contributed by atoms with van der Waals surface area (Å²) >= 11 is 0. The molecule has 0 radical (unpaired) electrons. The number of hydrogen-bond donors (Lipinski definition) is 1. The van der Waals surface area contributed by atoms with Gasteiger partial charge in [-0.05, 0) is 37.5 Å². The molecule has 1 N–H and O–H groups in total. The highest BCUT2D eigenvalue weighted by molar-refractivity contribution is 5.96. The minimum Gasteiger partial charge on any atom is -0.342 e. The number of piperazine rings is 1. The van der Waals surface area contributed by atoms with Gasteiger partial charge in [-0.1, -0.05) is 27.2 Å². The Hall–Kier alpha value is -1.06. The highest BCUT2D eigenvalue weighted by atomic mass is 16.2. The molecule has 0 aromatic heterocycles. The lowest BCUT2D eigenvalue weighted by Gasteiger charge is -2.48. The van der Waals surface area contributed by atoms with Crippen LogP contribution in [0.15, 0.2) is 0 Å². The Balaban J connectivity index is 2.16. The van der Waals surface area contributed by atoms with Crippen LogP contribution in [0.1, 0.15) is 53.4 Å². The minimum absolute atomic E-state index is 0.0103. The first-order chi connectivity index (χ1) is 8.90. The molecule has 4 nitrogen and oxygen atoms in total. The van der Waals surface area contributed by atoms with Crippen molar-refractivity contribution in [1.29, 1.82) is 0 Å². The molecule has 108 valence electrons. The van der Waals surface area contributed by atoms with E-state index in [1.165, 1.54) is 19.3 Å². The third-order valence-electron chi connectivity index (χ3n) is 5.03. The molecule has 2 aliphatic rings. The van der Waals surface area contributed by atoms with E-state index in [9.17, 15) is 9.59 Å². The van der Waals surface area contributed by atoms with E-state index in [-0.39, 0.29) is 35.2 Å². The van der Waals surface area contributed by atoms with Gasteiger partial charge in [0.15, 0.2) is 0 Å². The van der Waals surface area contributed by atoms with Crippen molar-refractivity contribution in [3.63, 3.8) is 0 Å². The quantitative estimate of drug-likeness (QED) is 0.845. The largest absolute Gasteiger partial charge is 0.342 e. The van der Waals surface area contributed by atoms with Crippen LogP contribution in [-0.2, 0) is 9.59 Å². The van der Waals surface area contributed by atoms with Crippen LogP contribution in [-0.4, -0.2) is 35.3 Å². The van der Waals surface area contributed by atoms with E-state index in [1.807, 2.05) is 25.7 Å². The van der Waals surface area contributed by atoms with Crippen LogP contribution in [0.25, 0.3) is 0 Å². The summed E-state index contributed by atoms with van der Waals surface area (Å²) in [4.78, 5) is 26.4. The van der Waals surface area contributed by atoms with Crippen LogP contribution in [0.4, 0.5) is 0 Å². The number of carbonyl (C=O) groups is 2. The first kappa shape index (κ1) is 14.4.